The normalized spacial score (nSPS) is 22.3. The molecule has 0 fully saturated rings. The molecule has 1 aliphatic carbocycles. The second kappa shape index (κ2) is 3.85. The standard InChI is InChI=1S/C14H14BrNO2/c1-14(7-11(17)18)6-5-9-8-3-2-4-10(15)12(8)16-13(9)14/h2-4,16H,5-7H2,1H3,(H,17,18). The summed E-state index contributed by atoms with van der Waals surface area (Å²) in [7, 11) is 0. The van der Waals surface area contributed by atoms with Crippen molar-refractivity contribution in [2.45, 2.75) is 31.6 Å². The Hall–Kier alpha value is -1.29. The number of aliphatic carboxylic acids is 1. The zero-order valence-corrected chi connectivity index (χ0v) is 11.7. The summed E-state index contributed by atoms with van der Waals surface area (Å²) in [4.78, 5) is 14.5. The van der Waals surface area contributed by atoms with E-state index in [4.69, 9.17) is 5.11 Å². The molecule has 18 heavy (non-hydrogen) atoms. The van der Waals surface area contributed by atoms with Crippen molar-refractivity contribution >= 4 is 32.8 Å². The molecule has 2 aromatic rings. The topological polar surface area (TPSA) is 53.1 Å². The number of hydrogen-bond donors (Lipinski definition) is 2. The number of H-pyrrole nitrogens is 1. The van der Waals surface area contributed by atoms with E-state index < -0.39 is 5.97 Å². The van der Waals surface area contributed by atoms with Gasteiger partial charge in [0.05, 0.1) is 11.9 Å². The first kappa shape index (κ1) is 11.8. The molecule has 94 valence electrons. The van der Waals surface area contributed by atoms with Crippen LogP contribution in [0.15, 0.2) is 22.7 Å². The third kappa shape index (κ3) is 1.59. The monoisotopic (exact) mass is 307 g/mol. The summed E-state index contributed by atoms with van der Waals surface area (Å²) in [6.07, 6.45) is 2.04. The Morgan fingerprint density at radius 3 is 3.06 bits per heavy atom. The van der Waals surface area contributed by atoms with Gasteiger partial charge in [0, 0.05) is 21.0 Å². The molecule has 1 aromatic heterocycles. The van der Waals surface area contributed by atoms with Crippen LogP contribution in [0.5, 0.6) is 0 Å². The van der Waals surface area contributed by atoms with Gasteiger partial charge in [-0.2, -0.15) is 0 Å². The molecular weight excluding hydrogens is 294 g/mol. The van der Waals surface area contributed by atoms with Crippen LogP contribution in [0.2, 0.25) is 0 Å². The van der Waals surface area contributed by atoms with Gasteiger partial charge >= 0.3 is 5.97 Å². The van der Waals surface area contributed by atoms with Gasteiger partial charge in [0.25, 0.3) is 0 Å². The van der Waals surface area contributed by atoms with Crippen molar-refractivity contribution < 1.29 is 9.90 Å². The molecule has 1 heterocycles. The molecule has 1 atom stereocenters. The van der Waals surface area contributed by atoms with E-state index in [1.807, 2.05) is 19.1 Å². The first-order valence-electron chi connectivity index (χ1n) is 6.02. The number of nitrogens with one attached hydrogen (secondary N) is 1. The molecule has 0 spiro atoms. The largest absolute Gasteiger partial charge is 0.481 e. The Labute approximate surface area is 113 Å². The van der Waals surface area contributed by atoms with Crippen molar-refractivity contribution in [2.75, 3.05) is 0 Å². The zero-order valence-electron chi connectivity index (χ0n) is 10.1. The third-order valence-electron chi connectivity index (χ3n) is 3.96. The number of carbonyl (C=O) groups is 1. The SMILES string of the molecule is CC1(CC(=O)O)CCc2c1[nH]c1c(Br)cccc21. The molecule has 0 aliphatic heterocycles. The summed E-state index contributed by atoms with van der Waals surface area (Å²) < 4.78 is 1.03. The van der Waals surface area contributed by atoms with Crippen LogP contribution in [0.4, 0.5) is 0 Å². The summed E-state index contributed by atoms with van der Waals surface area (Å²) in [5, 5.41) is 10.3. The Balaban J connectivity index is 2.20. The van der Waals surface area contributed by atoms with Gasteiger partial charge < -0.3 is 10.1 Å². The second-order valence-electron chi connectivity index (χ2n) is 5.27. The average Bonchev–Trinajstić information content (AvgIpc) is 2.79. The lowest BCUT2D eigenvalue weighted by atomic mass is 9.84. The van der Waals surface area contributed by atoms with Gasteiger partial charge in [-0.15, -0.1) is 0 Å². The van der Waals surface area contributed by atoms with E-state index >= 15 is 0 Å². The van der Waals surface area contributed by atoms with Gasteiger partial charge in [0.15, 0.2) is 0 Å². The Bertz CT molecular complexity index is 647. The van der Waals surface area contributed by atoms with E-state index in [2.05, 4.69) is 27.0 Å². The van der Waals surface area contributed by atoms with Crippen LogP contribution < -0.4 is 0 Å². The first-order chi connectivity index (χ1) is 8.51. The summed E-state index contributed by atoms with van der Waals surface area (Å²) in [5.74, 6) is -0.733. The van der Waals surface area contributed by atoms with Crippen molar-refractivity contribution in [1.82, 2.24) is 4.98 Å². The number of para-hydroxylation sites is 1. The molecule has 1 aliphatic rings. The second-order valence-corrected chi connectivity index (χ2v) is 6.13. The number of rotatable bonds is 2. The molecule has 0 saturated heterocycles. The summed E-state index contributed by atoms with van der Waals surface area (Å²) in [5.41, 5.74) is 3.21. The fourth-order valence-corrected chi connectivity index (χ4v) is 3.51. The number of hydrogen-bond acceptors (Lipinski definition) is 1. The highest BCUT2D eigenvalue weighted by Crippen LogP contribution is 2.44. The molecule has 4 heteroatoms. The highest BCUT2D eigenvalue weighted by atomic mass is 79.9. The van der Waals surface area contributed by atoms with Crippen LogP contribution >= 0.6 is 15.9 Å². The Morgan fingerprint density at radius 1 is 1.56 bits per heavy atom. The molecule has 1 unspecified atom stereocenters. The number of benzene rings is 1. The van der Waals surface area contributed by atoms with Gasteiger partial charge in [0.2, 0.25) is 0 Å². The molecule has 1 aromatic carbocycles. The molecule has 0 saturated carbocycles. The van der Waals surface area contributed by atoms with Crippen LogP contribution in [0, 0.1) is 0 Å². The lowest BCUT2D eigenvalue weighted by Gasteiger charge is -2.21. The van der Waals surface area contributed by atoms with Crippen molar-refractivity contribution in [2.24, 2.45) is 0 Å². The third-order valence-corrected chi connectivity index (χ3v) is 4.62. The van der Waals surface area contributed by atoms with E-state index in [9.17, 15) is 4.79 Å². The number of halogens is 1. The number of carboxylic acid groups (broad SMARTS) is 1. The van der Waals surface area contributed by atoms with Gasteiger partial charge in [-0.25, -0.2) is 0 Å². The molecule has 0 radical (unpaired) electrons. The van der Waals surface area contributed by atoms with E-state index in [-0.39, 0.29) is 11.8 Å². The van der Waals surface area contributed by atoms with Crippen molar-refractivity contribution in [1.29, 1.82) is 0 Å². The van der Waals surface area contributed by atoms with E-state index in [0.29, 0.717) is 0 Å². The van der Waals surface area contributed by atoms with Crippen LogP contribution in [0.1, 0.15) is 31.0 Å². The lowest BCUT2D eigenvalue weighted by molar-refractivity contribution is -0.138. The highest BCUT2D eigenvalue weighted by Gasteiger charge is 2.39. The first-order valence-corrected chi connectivity index (χ1v) is 6.82. The van der Waals surface area contributed by atoms with Crippen molar-refractivity contribution in [3.8, 4) is 0 Å². The minimum absolute atomic E-state index is 0.185. The molecule has 3 rings (SSSR count). The van der Waals surface area contributed by atoms with Crippen LogP contribution in [0.3, 0.4) is 0 Å². The summed E-state index contributed by atoms with van der Waals surface area (Å²) >= 11 is 3.54. The van der Waals surface area contributed by atoms with Crippen LogP contribution in [0.25, 0.3) is 10.9 Å². The number of aryl methyl sites for hydroxylation is 1. The van der Waals surface area contributed by atoms with E-state index in [1.165, 1.54) is 10.9 Å². The summed E-state index contributed by atoms with van der Waals surface area (Å²) in [6.45, 7) is 2.04. The summed E-state index contributed by atoms with van der Waals surface area (Å²) in [6, 6.07) is 6.12. The minimum atomic E-state index is -0.733. The fraction of sp³-hybridized carbons (Fsp3) is 0.357. The van der Waals surface area contributed by atoms with Crippen LogP contribution in [-0.4, -0.2) is 16.1 Å². The van der Waals surface area contributed by atoms with E-state index in [1.54, 1.807) is 0 Å². The van der Waals surface area contributed by atoms with Gasteiger partial charge in [-0.3, -0.25) is 4.79 Å². The maximum absolute atomic E-state index is 11.0. The maximum Gasteiger partial charge on any atom is 0.304 e. The smallest absolute Gasteiger partial charge is 0.304 e. The van der Waals surface area contributed by atoms with Crippen molar-refractivity contribution in [3.63, 3.8) is 0 Å². The van der Waals surface area contributed by atoms with Gasteiger partial charge in [0.1, 0.15) is 0 Å². The van der Waals surface area contributed by atoms with Gasteiger partial charge in [-0.05, 0) is 40.4 Å². The predicted octanol–water partition coefficient (Wildman–Crippen LogP) is 3.61. The average molecular weight is 308 g/mol. The molecule has 0 amide bonds. The zero-order chi connectivity index (χ0) is 12.9. The molecular formula is C14H14BrNO2. The quantitative estimate of drug-likeness (QED) is 0.890. The van der Waals surface area contributed by atoms with Crippen molar-refractivity contribution in [3.05, 3.63) is 33.9 Å². The fourth-order valence-electron chi connectivity index (χ4n) is 3.05. The maximum atomic E-state index is 11.0. The molecule has 3 nitrogen and oxygen atoms in total. The molecule has 0 bridgehead atoms. The number of aromatic amines is 1. The Kier molecular flexibility index (Phi) is 2.52. The minimum Gasteiger partial charge on any atom is -0.481 e. The molecule has 2 N–H and O–H groups in total. The predicted molar refractivity (Wildman–Crippen MR) is 73.9 cm³/mol. The Morgan fingerprint density at radius 2 is 2.33 bits per heavy atom. The number of fused-ring (bicyclic) bond motifs is 3. The van der Waals surface area contributed by atoms with Gasteiger partial charge in [-0.1, -0.05) is 19.1 Å². The van der Waals surface area contributed by atoms with Crippen LogP contribution in [-0.2, 0) is 16.6 Å². The number of aromatic nitrogens is 1. The number of carboxylic acids is 1. The lowest BCUT2D eigenvalue weighted by Crippen LogP contribution is -2.23. The highest BCUT2D eigenvalue weighted by molar-refractivity contribution is 9.10. The van der Waals surface area contributed by atoms with E-state index in [0.717, 1.165) is 28.5 Å².